The molecule has 2 aliphatic heterocycles. The lowest BCUT2D eigenvalue weighted by Gasteiger charge is -2.34. The van der Waals surface area contributed by atoms with Crippen LogP contribution in [0.15, 0.2) is 35.6 Å². The fourth-order valence-electron chi connectivity index (χ4n) is 4.08. The zero-order valence-electron chi connectivity index (χ0n) is 18.0. The molecule has 12 heteroatoms. The van der Waals surface area contributed by atoms with Crippen molar-refractivity contribution in [3.8, 4) is 0 Å². The number of rotatable bonds is 5. The van der Waals surface area contributed by atoms with Gasteiger partial charge in [0.1, 0.15) is 5.82 Å². The molecular weight excluding hydrogens is 454 g/mol. The van der Waals surface area contributed by atoms with Gasteiger partial charge in [-0.3, -0.25) is 4.79 Å². The molecule has 9 nitrogen and oxygen atoms in total. The third-order valence-electron chi connectivity index (χ3n) is 5.90. The Morgan fingerprint density at radius 2 is 1.73 bits per heavy atom. The summed E-state index contributed by atoms with van der Waals surface area (Å²) >= 11 is 0. The van der Waals surface area contributed by atoms with Gasteiger partial charge in [0.05, 0.1) is 17.4 Å². The number of nitrogens with one attached hydrogen (secondary N) is 1. The highest BCUT2D eigenvalue weighted by atomic mass is 32.2. The summed E-state index contributed by atoms with van der Waals surface area (Å²) < 4.78 is 50.6. The second-order valence-corrected chi connectivity index (χ2v) is 9.85. The monoisotopic (exact) mass is 480 g/mol. The van der Waals surface area contributed by atoms with Crippen molar-refractivity contribution in [1.82, 2.24) is 9.97 Å². The van der Waals surface area contributed by atoms with Gasteiger partial charge < -0.3 is 15.1 Å². The van der Waals surface area contributed by atoms with E-state index in [2.05, 4.69) is 20.2 Å². The minimum Gasteiger partial charge on any atom is -0.370 e. The lowest BCUT2D eigenvalue weighted by Crippen LogP contribution is -2.40. The van der Waals surface area contributed by atoms with Crippen LogP contribution in [-0.2, 0) is 10.0 Å². The van der Waals surface area contributed by atoms with Gasteiger partial charge in [-0.15, -0.1) is 0 Å². The van der Waals surface area contributed by atoms with Crippen LogP contribution in [0.4, 0.5) is 26.0 Å². The molecule has 0 spiro atoms. The normalized spacial score (nSPS) is 18.8. The molecular formula is C21H26F2N6O3S. The standard InChI is InChI=1S/C21H26F2N6O3S/c22-21(23)5-10-29(11-6-21)19-17(13-16(14-26-19)28-8-2-1-3-9-28)20(30)27-15-4-7-25-18(12-15)33(24,31)32/h4,7,12-14H,1-3,5-6,8-11H2,(H2,24,31,32)(H,25,27,30). The number of carbonyl (C=O) groups excluding carboxylic acids is 1. The molecule has 0 aliphatic carbocycles. The largest absolute Gasteiger partial charge is 0.370 e. The Bertz CT molecular complexity index is 1130. The minimum absolute atomic E-state index is 0.0775. The lowest BCUT2D eigenvalue weighted by molar-refractivity contribution is -0.0221. The van der Waals surface area contributed by atoms with Gasteiger partial charge in [0.2, 0.25) is 0 Å². The number of aromatic nitrogens is 2. The van der Waals surface area contributed by atoms with E-state index >= 15 is 0 Å². The molecule has 1 amide bonds. The molecule has 2 aliphatic rings. The maximum Gasteiger partial charge on any atom is 0.259 e. The van der Waals surface area contributed by atoms with Crippen LogP contribution >= 0.6 is 0 Å². The van der Waals surface area contributed by atoms with E-state index in [0.29, 0.717) is 5.82 Å². The van der Waals surface area contributed by atoms with Crippen LogP contribution in [0.3, 0.4) is 0 Å². The van der Waals surface area contributed by atoms with Gasteiger partial charge in [0.15, 0.2) is 5.03 Å². The summed E-state index contributed by atoms with van der Waals surface area (Å²) in [6, 6.07) is 4.32. The molecule has 0 radical (unpaired) electrons. The van der Waals surface area contributed by atoms with Crippen LogP contribution in [0.2, 0.25) is 0 Å². The SMILES string of the molecule is NS(=O)(=O)c1cc(NC(=O)c2cc(N3CCCCC3)cnc2N2CCC(F)(F)CC2)ccn1. The van der Waals surface area contributed by atoms with Gasteiger partial charge in [0.25, 0.3) is 21.9 Å². The number of alkyl halides is 2. The van der Waals surface area contributed by atoms with E-state index < -0.39 is 21.9 Å². The first-order chi connectivity index (χ1) is 15.6. The molecule has 4 rings (SSSR count). The molecule has 2 aromatic rings. The molecule has 0 bridgehead atoms. The number of halogens is 2. The summed E-state index contributed by atoms with van der Waals surface area (Å²) in [6.07, 6.45) is 5.50. The third-order valence-corrected chi connectivity index (χ3v) is 6.70. The van der Waals surface area contributed by atoms with Crippen molar-refractivity contribution in [3.05, 3.63) is 36.2 Å². The second-order valence-electron chi connectivity index (χ2n) is 8.34. The molecule has 0 aromatic carbocycles. The highest BCUT2D eigenvalue weighted by Crippen LogP contribution is 2.33. The number of carbonyl (C=O) groups is 1. The smallest absolute Gasteiger partial charge is 0.259 e. The Morgan fingerprint density at radius 1 is 1.03 bits per heavy atom. The summed E-state index contributed by atoms with van der Waals surface area (Å²) in [6.45, 7) is 1.85. The summed E-state index contributed by atoms with van der Waals surface area (Å²) in [5, 5.41) is 7.42. The average molecular weight is 481 g/mol. The third kappa shape index (κ3) is 5.56. The van der Waals surface area contributed by atoms with Crippen molar-refractivity contribution in [1.29, 1.82) is 0 Å². The average Bonchev–Trinajstić information content (AvgIpc) is 2.79. The summed E-state index contributed by atoms with van der Waals surface area (Å²) in [4.78, 5) is 25.3. The number of amides is 1. The Kier molecular flexibility index (Phi) is 6.48. The van der Waals surface area contributed by atoms with E-state index in [-0.39, 0.29) is 42.2 Å². The van der Waals surface area contributed by atoms with Gasteiger partial charge in [0, 0.05) is 57.0 Å². The molecule has 0 saturated carbocycles. The first-order valence-corrected chi connectivity index (χ1v) is 12.3. The topological polar surface area (TPSA) is 122 Å². The van der Waals surface area contributed by atoms with Gasteiger partial charge in [-0.2, -0.15) is 0 Å². The van der Waals surface area contributed by atoms with Crippen LogP contribution in [0.5, 0.6) is 0 Å². The molecule has 4 heterocycles. The Balaban J connectivity index is 1.65. The number of hydrogen-bond donors (Lipinski definition) is 2. The van der Waals surface area contributed by atoms with Crippen molar-refractivity contribution < 1.29 is 22.0 Å². The van der Waals surface area contributed by atoms with Gasteiger partial charge in [-0.05, 0) is 31.4 Å². The number of primary sulfonamides is 1. The molecule has 33 heavy (non-hydrogen) atoms. The number of nitrogens with two attached hydrogens (primary N) is 1. The minimum atomic E-state index is -4.04. The molecule has 3 N–H and O–H groups in total. The summed E-state index contributed by atoms with van der Waals surface area (Å²) in [7, 11) is -4.04. The fraction of sp³-hybridized carbons (Fsp3) is 0.476. The van der Waals surface area contributed by atoms with Gasteiger partial charge in [-0.25, -0.2) is 32.3 Å². The first-order valence-electron chi connectivity index (χ1n) is 10.8. The highest BCUT2D eigenvalue weighted by Gasteiger charge is 2.35. The zero-order valence-corrected chi connectivity index (χ0v) is 18.8. The van der Waals surface area contributed by atoms with Crippen molar-refractivity contribution in [2.24, 2.45) is 5.14 Å². The van der Waals surface area contributed by atoms with Crippen LogP contribution in [0.25, 0.3) is 0 Å². The van der Waals surface area contributed by atoms with Crippen LogP contribution in [0, 0.1) is 0 Å². The Labute approximate surface area is 191 Å². The van der Waals surface area contributed by atoms with Gasteiger partial charge in [-0.1, -0.05) is 0 Å². The maximum absolute atomic E-state index is 13.7. The summed E-state index contributed by atoms with van der Waals surface area (Å²) in [5.74, 6) is -2.93. The molecule has 2 aromatic heterocycles. The van der Waals surface area contributed by atoms with E-state index in [1.165, 1.54) is 12.3 Å². The van der Waals surface area contributed by atoms with Crippen molar-refractivity contribution in [2.75, 3.05) is 41.3 Å². The predicted molar refractivity (Wildman–Crippen MR) is 120 cm³/mol. The van der Waals surface area contributed by atoms with Gasteiger partial charge >= 0.3 is 0 Å². The maximum atomic E-state index is 13.7. The fourth-order valence-corrected chi connectivity index (χ4v) is 4.58. The van der Waals surface area contributed by atoms with E-state index in [0.717, 1.165) is 44.1 Å². The highest BCUT2D eigenvalue weighted by molar-refractivity contribution is 7.89. The number of sulfonamides is 1. The Hall–Kier alpha value is -2.86. The quantitative estimate of drug-likeness (QED) is 0.675. The summed E-state index contributed by atoms with van der Waals surface area (Å²) in [5.41, 5.74) is 1.21. The van der Waals surface area contributed by atoms with E-state index in [4.69, 9.17) is 5.14 Å². The lowest BCUT2D eigenvalue weighted by atomic mass is 10.1. The Morgan fingerprint density at radius 3 is 2.39 bits per heavy atom. The van der Waals surface area contributed by atoms with Crippen LogP contribution < -0.4 is 20.3 Å². The number of anilines is 3. The molecule has 0 unspecified atom stereocenters. The number of hydrogen-bond acceptors (Lipinski definition) is 7. The van der Waals surface area contributed by atoms with Crippen molar-refractivity contribution in [2.45, 2.75) is 43.1 Å². The van der Waals surface area contributed by atoms with E-state index in [1.54, 1.807) is 17.2 Å². The van der Waals surface area contributed by atoms with Crippen molar-refractivity contribution >= 4 is 33.1 Å². The first kappa shape index (κ1) is 23.3. The number of nitrogens with zero attached hydrogens (tertiary/aromatic N) is 4. The predicted octanol–water partition coefficient (Wildman–Crippen LogP) is 2.60. The number of piperidine rings is 2. The molecule has 178 valence electrons. The van der Waals surface area contributed by atoms with E-state index in [9.17, 15) is 22.0 Å². The second kappa shape index (κ2) is 9.18. The van der Waals surface area contributed by atoms with Crippen LogP contribution in [-0.4, -0.2) is 56.4 Å². The van der Waals surface area contributed by atoms with Crippen LogP contribution in [0.1, 0.15) is 42.5 Å². The zero-order chi connectivity index (χ0) is 23.6. The molecule has 0 atom stereocenters. The number of pyridine rings is 2. The molecule has 2 fully saturated rings. The van der Waals surface area contributed by atoms with E-state index in [1.807, 2.05) is 0 Å². The molecule has 2 saturated heterocycles. The van der Waals surface area contributed by atoms with Crippen molar-refractivity contribution in [3.63, 3.8) is 0 Å².